The SMILES string of the molecule is CNC1C(=O)N(CC2CCCOC2)CCCC1C. The molecule has 0 bridgehead atoms. The van der Waals surface area contributed by atoms with Crippen LogP contribution in [0.1, 0.15) is 32.6 Å². The van der Waals surface area contributed by atoms with Gasteiger partial charge in [-0.1, -0.05) is 6.92 Å². The molecule has 2 aliphatic rings. The molecule has 18 heavy (non-hydrogen) atoms. The number of nitrogens with zero attached hydrogens (tertiary/aromatic N) is 1. The first-order valence-electron chi connectivity index (χ1n) is 7.26. The van der Waals surface area contributed by atoms with Crippen LogP contribution in [-0.2, 0) is 9.53 Å². The van der Waals surface area contributed by atoms with E-state index in [-0.39, 0.29) is 11.9 Å². The molecule has 2 fully saturated rings. The van der Waals surface area contributed by atoms with Gasteiger partial charge in [-0.25, -0.2) is 0 Å². The Labute approximate surface area is 110 Å². The van der Waals surface area contributed by atoms with Gasteiger partial charge in [0.25, 0.3) is 0 Å². The first-order chi connectivity index (χ1) is 8.72. The highest BCUT2D eigenvalue weighted by molar-refractivity contribution is 5.82. The van der Waals surface area contributed by atoms with E-state index in [4.69, 9.17) is 4.74 Å². The molecule has 0 spiro atoms. The molecule has 0 aliphatic carbocycles. The normalized spacial score (nSPS) is 34.4. The van der Waals surface area contributed by atoms with E-state index in [1.54, 1.807) is 0 Å². The molecule has 2 saturated heterocycles. The molecule has 1 amide bonds. The molecule has 0 aromatic carbocycles. The number of ether oxygens (including phenoxy) is 1. The molecule has 0 saturated carbocycles. The van der Waals surface area contributed by atoms with Crippen LogP contribution in [0, 0.1) is 11.8 Å². The van der Waals surface area contributed by atoms with E-state index in [1.807, 2.05) is 7.05 Å². The number of hydrogen-bond acceptors (Lipinski definition) is 3. The molecule has 4 nitrogen and oxygen atoms in total. The minimum Gasteiger partial charge on any atom is -0.381 e. The van der Waals surface area contributed by atoms with Crippen LogP contribution in [0.5, 0.6) is 0 Å². The van der Waals surface area contributed by atoms with Crippen molar-refractivity contribution in [3.8, 4) is 0 Å². The third kappa shape index (κ3) is 3.23. The lowest BCUT2D eigenvalue weighted by Crippen LogP contribution is -2.48. The van der Waals surface area contributed by atoms with Gasteiger partial charge in [-0.3, -0.25) is 4.79 Å². The van der Waals surface area contributed by atoms with Crippen LogP contribution < -0.4 is 5.32 Å². The minimum atomic E-state index is -0.00277. The van der Waals surface area contributed by atoms with Gasteiger partial charge >= 0.3 is 0 Å². The highest BCUT2D eigenvalue weighted by atomic mass is 16.5. The molecule has 0 aromatic rings. The van der Waals surface area contributed by atoms with Crippen LogP contribution in [0.2, 0.25) is 0 Å². The fourth-order valence-electron chi connectivity index (χ4n) is 3.17. The zero-order valence-corrected chi connectivity index (χ0v) is 11.7. The Balaban J connectivity index is 1.95. The van der Waals surface area contributed by atoms with Crippen molar-refractivity contribution in [1.82, 2.24) is 10.2 Å². The number of likely N-dealkylation sites (tertiary alicyclic amines) is 1. The minimum absolute atomic E-state index is 0.00277. The lowest BCUT2D eigenvalue weighted by atomic mass is 9.97. The molecule has 2 heterocycles. The molecule has 3 atom stereocenters. The van der Waals surface area contributed by atoms with Gasteiger partial charge in [0, 0.05) is 19.7 Å². The second-order valence-corrected chi connectivity index (χ2v) is 5.75. The summed E-state index contributed by atoms with van der Waals surface area (Å²) in [6.45, 7) is 5.68. The second kappa shape index (κ2) is 6.53. The van der Waals surface area contributed by atoms with E-state index >= 15 is 0 Å². The average molecular weight is 254 g/mol. The smallest absolute Gasteiger partial charge is 0.239 e. The Morgan fingerprint density at radius 1 is 1.39 bits per heavy atom. The Morgan fingerprint density at radius 3 is 2.89 bits per heavy atom. The summed E-state index contributed by atoms with van der Waals surface area (Å²) in [5.41, 5.74) is 0. The van der Waals surface area contributed by atoms with Crippen LogP contribution in [0.3, 0.4) is 0 Å². The number of amides is 1. The van der Waals surface area contributed by atoms with Crippen molar-refractivity contribution in [2.45, 2.75) is 38.6 Å². The summed E-state index contributed by atoms with van der Waals surface area (Å²) >= 11 is 0. The van der Waals surface area contributed by atoms with Crippen LogP contribution >= 0.6 is 0 Å². The molecular formula is C14H26N2O2. The lowest BCUT2D eigenvalue weighted by molar-refractivity contribution is -0.134. The van der Waals surface area contributed by atoms with Gasteiger partial charge in [0.2, 0.25) is 5.91 Å². The molecule has 2 rings (SSSR count). The standard InChI is InChI=1S/C14H26N2O2/c1-11-5-3-7-16(14(17)13(11)15-2)9-12-6-4-8-18-10-12/h11-13,15H,3-10H2,1-2H3. The summed E-state index contributed by atoms with van der Waals surface area (Å²) < 4.78 is 5.51. The quantitative estimate of drug-likeness (QED) is 0.824. The van der Waals surface area contributed by atoms with Crippen molar-refractivity contribution in [3.05, 3.63) is 0 Å². The summed E-state index contributed by atoms with van der Waals surface area (Å²) in [4.78, 5) is 14.5. The Bertz CT molecular complexity index is 277. The van der Waals surface area contributed by atoms with Crippen molar-refractivity contribution >= 4 is 5.91 Å². The Kier molecular flexibility index (Phi) is 5.01. The molecule has 2 aliphatic heterocycles. The van der Waals surface area contributed by atoms with Crippen LogP contribution in [0.15, 0.2) is 0 Å². The highest BCUT2D eigenvalue weighted by Gasteiger charge is 2.32. The van der Waals surface area contributed by atoms with Gasteiger partial charge < -0.3 is 15.0 Å². The van der Waals surface area contributed by atoms with Gasteiger partial charge in [-0.15, -0.1) is 0 Å². The number of carbonyl (C=O) groups is 1. The third-order valence-electron chi connectivity index (χ3n) is 4.28. The fraction of sp³-hybridized carbons (Fsp3) is 0.929. The molecule has 104 valence electrons. The van der Waals surface area contributed by atoms with E-state index in [0.717, 1.165) is 45.6 Å². The summed E-state index contributed by atoms with van der Waals surface area (Å²) in [7, 11) is 1.90. The Morgan fingerprint density at radius 2 is 2.22 bits per heavy atom. The molecule has 0 radical (unpaired) electrons. The largest absolute Gasteiger partial charge is 0.381 e. The molecule has 3 unspecified atom stereocenters. The van der Waals surface area contributed by atoms with Crippen LogP contribution in [-0.4, -0.2) is 50.2 Å². The van der Waals surface area contributed by atoms with Gasteiger partial charge in [0.1, 0.15) is 0 Å². The van der Waals surface area contributed by atoms with E-state index in [9.17, 15) is 4.79 Å². The van der Waals surface area contributed by atoms with Gasteiger partial charge in [-0.2, -0.15) is 0 Å². The molecule has 0 aromatic heterocycles. The van der Waals surface area contributed by atoms with Crippen LogP contribution in [0.25, 0.3) is 0 Å². The van der Waals surface area contributed by atoms with Gasteiger partial charge in [0.15, 0.2) is 0 Å². The summed E-state index contributed by atoms with van der Waals surface area (Å²) in [6, 6.07) is -0.00277. The monoisotopic (exact) mass is 254 g/mol. The maximum atomic E-state index is 12.5. The van der Waals surface area contributed by atoms with E-state index in [2.05, 4.69) is 17.1 Å². The first-order valence-corrected chi connectivity index (χ1v) is 7.26. The molecule has 4 heteroatoms. The van der Waals surface area contributed by atoms with Gasteiger partial charge in [-0.05, 0) is 44.6 Å². The van der Waals surface area contributed by atoms with E-state index < -0.39 is 0 Å². The zero-order chi connectivity index (χ0) is 13.0. The maximum Gasteiger partial charge on any atom is 0.239 e. The highest BCUT2D eigenvalue weighted by Crippen LogP contribution is 2.21. The number of hydrogen-bond donors (Lipinski definition) is 1. The van der Waals surface area contributed by atoms with Crippen LogP contribution in [0.4, 0.5) is 0 Å². The predicted octanol–water partition coefficient (Wildman–Crippen LogP) is 1.26. The maximum absolute atomic E-state index is 12.5. The number of nitrogens with one attached hydrogen (secondary N) is 1. The first kappa shape index (κ1) is 13.8. The second-order valence-electron chi connectivity index (χ2n) is 5.75. The predicted molar refractivity (Wildman–Crippen MR) is 71.4 cm³/mol. The van der Waals surface area contributed by atoms with Crippen molar-refractivity contribution < 1.29 is 9.53 Å². The number of rotatable bonds is 3. The summed E-state index contributed by atoms with van der Waals surface area (Å²) in [6.07, 6.45) is 4.59. The van der Waals surface area contributed by atoms with Crippen molar-refractivity contribution in [1.29, 1.82) is 0 Å². The number of likely N-dealkylation sites (N-methyl/N-ethyl adjacent to an activating group) is 1. The van der Waals surface area contributed by atoms with Crippen molar-refractivity contribution in [2.24, 2.45) is 11.8 Å². The lowest BCUT2D eigenvalue weighted by Gasteiger charge is -2.31. The topological polar surface area (TPSA) is 41.6 Å². The molecular weight excluding hydrogens is 228 g/mol. The Hall–Kier alpha value is -0.610. The fourth-order valence-corrected chi connectivity index (χ4v) is 3.17. The van der Waals surface area contributed by atoms with Crippen molar-refractivity contribution in [3.63, 3.8) is 0 Å². The van der Waals surface area contributed by atoms with E-state index in [0.29, 0.717) is 11.8 Å². The van der Waals surface area contributed by atoms with Crippen molar-refractivity contribution in [2.75, 3.05) is 33.4 Å². The zero-order valence-electron chi connectivity index (χ0n) is 11.7. The van der Waals surface area contributed by atoms with Gasteiger partial charge in [0.05, 0.1) is 12.6 Å². The third-order valence-corrected chi connectivity index (χ3v) is 4.28. The molecule has 1 N–H and O–H groups in total. The number of carbonyl (C=O) groups excluding carboxylic acids is 1. The summed E-state index contributed by atoms with van der Waals surface area (Å²) in [5, 5.41) is 3.19. The average Bonchev–Trinajstić information content (AvgIpc) is 2.51. The van der Waals surface area contributed by atoms with E-state index in [1.165, 1.54) is 6.42 Å². The summed E-state index contributed by atoms with van der Waals surface area (Å²) in [5.74, 6) is 1.26.